The Labute approximate surface area is 194 Å². The van der Waals surface area contributed by atoms with Gasteiger partial charge in [-0.25, -0.2) is 4.98 Å². The molecule has 0 aliphatic carbocycles. The molecule has 2 aromatic carbocycles. The summed E-state index contributed by atoms with van der Waals surface area (Å²) in [5.74, 6) is 0.883. The Hall–Kier alpha value is -3.66. The van der Waals surface area contributed by atoms with Gasteiger partial charge in [0.25, 0.3) is 0 Å². The predicted molar refractivity (Wildman–Crippen MR) is 135 cm³/mol. The fraction of sp³-hybridized carbons (Fsp3) is 0.241. The number of aromatic nitrogens is 3. The predicted octanol–water partition coefficient (Wildman–Crippen LogP) is 6.73. The Morgan fingerprint density at radius 2 is 1.85 bits per heavy atom. The molecule has 4 nitrogen and oxygen atoms in total. The van der Waals surface area contributed by atoms with Gasteiger partial charge >= 0.3 is 0 Å². The van der Waals surface area contributed by atoms with Gasteiger partial charge in [0.15, 0.2) is 0 Å². The van der Waals surface area contributed by atoms with E-state index in [0.29, 0.717) is 6.61 Å². The van der Waals surface area contributed by atoms with Crippen LogP contribution in [0.3, 0.4) is 0 Å². The molecular formula is C29H29N3O. The average Bonchev–Trinajstić information content (AvgIpc) is 3.15. The van der Waals surface area contributed by atoms with Crippen molar-refractivity contribution < 1.29 is 4.74 Å². The van der Waals surface area contributed by atoms with Crippen molar-refractivity contribution >= 4 is 21.8 Å². The van der Waals surface area contributed by atoms with Crippen molar-refractivity contribution in [3.8, 4) is 5.75 Å². The van der Waals surface area contributed by atoms with Gasteiger partial charge in [-0.1, -0.05) is 50.6 Å². The number of aryl methyl sites for hydroxylation is 1. The third kappa shape index (κ3) is 4.34. The molecule has 5 rings (SSSR count). The van der Waals surface area contributed by atoms with Crippen LogP contribution >= 0.6 is 0 Å². The van der Waals surface area contributed by atoms with Crippen LogP contribution in [0.25, 0.3) is 21.8 Å². The molecule has 3 aromatic heterocycles. The third-order valence-electron chi connectivity index (χ3n) is 6.20. The zero-order valence-corrected chi connectivity index (χ0v) is 19.3. The van der Waals surface area contributed by atoms with Crippen LogP contribution in [0.1, 0.15) is 42.8 Å². The van der Waals surface area contributed by atoms with Crippen LogP contribution in [0.2, 0.25) is 0 Å². The van der Waals surface area contributed by atoms with Crippen LogP contribution in [-0.2, 0) is 26.0 Å². The number of nitrogens with zero attached hydrogens (tertiary/aromatic N) is 3. The van der Waals surface area contributed by atoms with Crippen LogP contribution < -0.4 is 4.74 Å². The minimum Gasteiger partial charge on any atom is -0.487 e. The second kappa shape index (κ2) is 9.45. The first-order chi connectivity index (χ1) is 16.3. The van der Waals surface area contributed by atoms with Crippen molar-refractivity contribution in [2.75, 3.05) is 0 Å². The molecule has 0 bridgehead atoms. The summed E-state index contributed by atoms with van der Waals surface area (Å²) in [5, 5.41) is 2.43. The van der Waals surface area contributed by atoms with Crippen LogP contribution in [0.5, 0.6) is 5.75 Å². The maximum absolute atomic E-state index is 6.19. The standard InChI is InChI=1S/C29H29N3O/c1-3-8-28-25(4-2)26-17-24(14-15-29(26)32(28)19-21-9-7-16-30-18-21)33-20-23-13-12-22-10-5-6-11-27(22)31-23/h5-7,9-18H,3-4,8,19-20H2,1-2H3. The molecule has 0 atom stereocenters. The van der Waals surface area contributed by atoms with Crippen LogP contribution in [0.15, 0.2) is 79.1 Å². The fourth-order valence-electron chi connectivity index (χ4n) is 4.66. The molecule has 3 heterocycles. The number of pyridine rings is 2. The number of rotatable bonds is 8. The van der Waals surface area contributed by atoms with Crippen LogP contribution in [0.4, 0.5) is 0 Å². The van der Waals surface area contributed by atoms with Gasteiger partial charge in [-0.2, -0.15) is 0 Å². The maximum atomic E-state index is 6.19. The highest BCUT2D eigenvalue weighted by Crippen LogP contribution is 2.32. The monoisotopic (exact) mass is 435 g/mol. The molecule has 5 aromatic rings. The normalized spacial score (nSPS) is 11.3. The van der Waals surface area contributed by atoms with Crippen molar-refractivity contribution in [2.45, 2.75) is 46.3 Å². The summed E-state index contributed by atoms with van der Waals surface area (Å²) in [6, 6.07) is 23.0. The molecule has 166 valence electrons. The van der Waals surface area contributed by atoms with Gasteiger partial charge in [0, 0.05) is 40.9 Å². The van der Waals surface area contributed by atoms with Crippen molar-refractivity contribution in [1.82, 2.24) is 14.5 Å². The van der Waals surface area contributed by atoms with E-state index in [0.717, 1.165) is 48.2 Å². The van der Waals surface area contributed by atoms with Gasteiger partial charge in [-0.15, -0.1) is 0 Å². The van der Waals surface area contributed by atoms with E-state index in [9.17, 15) is 0 Å². The zero-order chi connectivity index (χ0) is 22.6. The Kier molecular flexibility index (Phi) is 6.07. The van der Waals surface area contributed by atoms with Gasteiger partial charge in [-0.3, -0.25) is 4.98 Å². The van der Waals surface area contributed by atoms with Crippen molar-refractivity contribution in [3.63, 3.8) is 0 Å². The zero-order valence-electron chi connectivity index (χ0n) is 19.3. The molecule has 0 aliphatic heterocycles. The van der Waals surface area contributed by atoms with E-state index in [1.54, 1.807) is 0 Å². The summed E-state index contributed by atoms with van der Waals surface area (Å²) in [6.45, 7) is 5.78. The second-order valence-corrected chi connectivity index (χ2v) is 8.44. The van der Waals surface area contributed by atoms with Crippen LogP contribution in [0, 0.1) is 0 Å². The summed E-state index contributed by atoms with van der Waals surface area (Å²) < 4.78 is 8.66. The molecule has 0 radical (unpaired) electrons. The number of benzene rings is 2. The second-order valence-electron chi connectivity index (χ2n) is 8.44. The minimum atomic E-state index is 0.454. The Balaban J connectivity index is 1.47. The lowest BCUT2D eigenvalue weighted by molar-refractivity contribution is 0.302. The summed E-state index contributed by atoms with van der Waals surface area (Å²) in [5.41, 5.74) is 7.26. The summed E-state index contributed by atoms with van der Waals surface area (Å²) in [7, 11) is 0. The van der Waals surface area contributed by atoms with Crippen molar-refractivity contribution in [2.24, 2.45) is 0 Å². The lowest BCUT2D eigenvalue weighted by atomic mass is 10.1. The third-order valence-corrected chi connectivity index (χ3v) is 6.20. The fourth-order valence-corrected chi connectivity index (χ4v) is 4.66. The Bertz CT molecular complexity index is 1390. The highest BCUT2D eigenvalue weighted by atomic mass is 16.5. The highest BCUT2D eigenvalue weighted by molar-refractivity contribution is 5.87. The molecule has 33 heavy (non-hydrogen) atoms. The molecule has 0 saturated carbocycles. The topological polar surface area (TPSA) is 39.9 Å². The highest BCUT2D eigenvalue weighted by Gasteiger charge is 2.16. The van der Waals surface area contributed by atoms with E-state index in [1.165, 1.54) is 27.7 Å². The quantitative estimate of drug-likeness (QED) is 0.271. The van der Waals surface area contributed by atoms with E-state index in [4.69, 9.17) is 9.72 Å². The first kappa shape index (κ1) is 21.2. The van der Waals surface area contributed by atoms with Gasteiger partial charge in [-0.05, 0) is 60.4 Å². The van der Waals surface area contributed by atoms with E-state index < -0.39 is 0 Å². The van der Waals surface area contributed by atoms with Crippen molar-refractivity contribution in [3.05, 3.63) is 102 Å². The molecule has 0 spiro atoms. The van der Waals surface area contributed by atoms with Gasteiger partial charge < -0.3 is 9.30 Å². The number of ether oxygens (including phenoxy) is 1. The Morgan fingerprint density at radius 3 is 2.67 bits per heavy atom. The van der Waals surface area contributed by atoms with Crippen LogP contribution in [-0.4, -0.2) is 14.5 Å². The number of para-hydroxylation sites is 1. The SMILES string of the molecule is CCCc1c(CC)c2cc(OCc3ccc4ccccc4n3)ccc2n1Cc1cccnc1. The van der Waals surface area contributed by atoms with E-state index in [-0.39, 0.29) is 0 Å². The minimum absolute atomic E-state index is 0.454. The number of fused-ring (bicyclic) bond motifs is 2. The number of hydrogen-bond donors (Lipinski definition) is 0. The number of hydrogen-bond acceptors (Lipinski definition) is 3. The smallest absolute Gasteiger partial charge is 0.130 e. The molecule has 0 N–H and O–H groups in total. The average molecular weight is 436 g/mol. The molecule has 4 heteroatoms. The lowest BCUT2D eigenvalue weighted by Crippen LogP contribution is -2.06. The molecule has 0 saturated heterocycles. The molecule has 0 fully saturated rings. The summed E-state index contributed by atoms with van der Waals surface area (Å²) in [4.78, 5) is 9.05. The molecular weight excluding hydrogens is 406 g/mol. The van der Waals surface area contributed by atoms with E-state index in [1.807, 2.05) is 42.7 Å². The van der Waals surface area contributed by atoms with E-state index >= 15 is 0 Å². The molecule has 0 unspecified atom stereocenters. The lowest BCUT2D eigenvalue weighted by Gasteiger charge is -2.12. The first-order valence-electron chi connectivity index (χ1n) is 11.8. The first-order valence-corrected chi connectivity index (χ1v) is 11.8. The molecule has 0 amide bonds. The Morgan fingerprint density at radius 1 is 0.939 bits per heavy atom. The van der Waals surface area contributed by atoms with Crippen molar-refractivity contribution in [1.29, 1.82) is 0 Å². The van der Waals surface area contributed by atoms with Gasteiger partial charge in [0.2, 0.25) is 0 Å². The molecule has 0 aliphatic rings. The largest absolute Gasteiger partial charge is 0.487 e. The summed E-state index contributed by atoms with van der Waals surface area (Å²) >= 11 is 0. The maximum Gasteiger partial charge on any atom is 0.130 e. The summed E-state index contributed by atoms with van der Waals surface area (Å²) in [6.07, 6.45) is 6.97. The van der Waals surface area contributed by atoms with E-state index in [2.05, 4.69) is 59.8 Å². The van der Waals surface area contributed by atoms with Gasteiger partial charge in [0.05, 0.1) is 11.2 Å². The van der Waals surface area contributed by atoms with Gasteiger partial charge in [0.1, 0.15) is 12.4 Å².